The Kier molecular flexibility index (Phi) is 2.41. The molecule has 2 heterocycles. The number of hydrogen-bond acceptors (Lipinski definition) is 3. The number of hydrogen-bond donors (Lipinski definition) is 1. The van der Waals surface area contributed by atoms with Crippen LogP contribution in [0.2, 0.25) is 0 Å². The average Bonchev–Trinajstić information content (AvgIpc) is 3.06. The molecule has 0 radical (unpaired) electrons. The maximum absolute atomic E-state index is 12.3. The van der Waals surface area contributed by atoms with Crippen LogP contribution < -0.4 is 4.74 Å². The number of carbonyl (C=O) groups is 1. The van der Waals surface area contributed by atoms with E-state index in [1.54, 1.807) is 19.4 Å². The number of nitrogens with one attached hydrogen (secondary N) is 1. The van der Waals surface area contributed by atoms with Gasteiger partial charge in [0.05, 0.1) is 29.9 Å². The zero-order valence-corrected chi connectivity index (χ0v) is 9.77. The van der Waals surface area contributed by atoms with E-state index in [1.807, 2.05) is 18.2 Å². The van der Waals surface area contributed by atoms with E-state index in [4.69, 9.17) is 9.15 Å². The third-order valence-electron chi connectivity index (χ3n) is 2.92. The molecule has 0 aliphatic carbocycles. The van der Waals surface area contributed by atoms with E-state index in [-0.39, 0.29) is 5.78 Å². The number of carbonyl (C=O) groups excluding carboxylic acids is 1. The van der Waals surface area contributed by atoms with Crippen molar-refractivity contribution in [2.24, 2.45) is 0 Å². The molecular formula is C14H11NO3. The summed E-state index contributed by atoms with van der Waals surface area (Å²) in [7, 11) is 1.59. The number of rotatable bonds is 3. The van der Waals surface area contributed by atoms with Crippen LogP contribution in [0.3, 0.4) is 0 Å². The molecule has 0 saturated carbocycles. The zero-order valence-electron chi connectivity index (χ0n) is 9.77. The van der Waals surface area contributed by atoms with Gasteiger partial charge in [-0.2, -0.15) is 0 Å². The summed E-state index contributed by atoms with van der Waals surface area (Å²) in [5.41, 5.74) is 1.99. The Bertz CT molecular complexity index is 695. The Balaban J connectivity index is 2.21. The number of aromatic amines is 1. The lowest BCUT2D eigenvalue weighted by Gasteiger charge is -2.03. The summed E-state index contributed by atoms with van der Waals surface area (Å²) in [6.45, 7) is 0. The summed E-state index contributed by atoms with van der Waals surface area (Å²) >= 11 is 0. The topological polar surface area (TPSA) is 55.2 Å². The van der Waals surface area contributed by atoms with Gasteiger partial charge in [-0.3, -0.25) is 4.79 Å². The number of methoxy groups -OCH3 is 1. The highest BCUT2D eigenvalue weighted by atomic mass is 16.5. The first kappa shape index (κ1) is 10.7. The van der Waals surface area contributed by atoms with Gasteiger partial charge in [-0.25, -0.2) is 0 Å². The van der Waals surface area contributed by atoms with Crippen LogP contribution in [0.15, 0.2) is 47.4 Å². The second-order valence-corrected chi connectivity index (χ2v) is 3.93. The van der Waals surface area contributed by atoms with Gasteiger partial charge in [0.25, 0.3) is 0 Å². The van der Waals surface area contributed by atoms with E-state index >= 15 is 0 Å². The van der Waals surface area contributed by atoms with E-state index in [2.05, 4.69) is 4.98 Å². The van der Waals surface area contributed by atoms with Gasteiger partial charge in [-0.05, 0) is 18.2 Å². The van der Waals surface area contributed by atoms with Crippen molar-refractivity contribution >= 4 is 16.7 Å². The number of ether oxygens (including phenoxy) is 1. The van der Waals surface area contributed by atoms with Gasteiger partial charge in [-0.15, -0.1) is 0 Å². The molecule has 3 rings (SSSR count). The van der Waals surface area contributed by atoms with E-state index < -0.39 is 0 Å². The van der Waals surface area contributed by atoms with Crippen LogP contribution in [0.1, 0.15) is 15.9 Å². The van der Waals surface area contributed by atoms with E-state index in [9.17, 15) is 4.79 Å². The maximum atomic E-state index is 12.3. The van der Waals surface area contributed by atoms with Crippen molar-refractivity contribution in [1.82, 2.24) is 4.98 Å². The van der Waals surface area contributed by atoms with Crippen LogP contribution >= 0.6 is 0 Å². The van der Waals surface area contributed by atoms with Crippen LogP contribution in [-0.2, 0) is 0 Å². The molecule has 0 atom stereocenters. The molecule has 0 saturated heterocycles. The third kappa shape index (κ3) is 1.50. The van der Waals surface area contributed by atoms with Crippen LogP contribution in [-0.4, -0.2) is 17.9 Å². The fourth-order valence-corrected chi connectivity index (χ4v) is 2.05. The van der Waals surface area contributed by atoms with E-state index in [0.717, 1.165) is 10.9 Å². The largest absolute Gasteiger partial charge is 0.496 e. The normalized spacial score (nSPS) is 10.7. The minimum absolute atomic E-state index is 0.0838. The average molecular weight is 241 g/mol. The molecule has 18 heavy (non-hydrogen) atoms. The Morgan fingerprint density at radius 2 is 2.22 bits per heavy atom. The Hall–Kier alpha value is -2.49. The molecule has 0 bridgehead atoms. The predicted octanol–water partition coefficient (Wildman–Crippen LogP) is 3.00. The van der Waals surface area contributed by atoms with Crippen molar-refractivity contribution in [2.75, 3.05) is 7.11 Å². The van der Waals surface area contributed by atoms with Crippen molar-refractivity contribution in [3.05, 3.63) is 54.1 Å². The molecule has 0 aliphatic rings. The van der Waals surface area contributed by atoms with E-state index in [1.165, 1.54) is 12.5 Å². The molecule has 0 fully saturated rings. The first-order valence-corrected chi connectivity index (χ1v) is 5.52. The minimum Gasteiger partial charge on any atom is -0.496 e. The molecule has 90 valence electrons. The quantitative estimate of drug-likeness (QED) is 0.717. The molecule has 0 unspecified atom stereocenters. The van der Waals surface area contributed by atoms with Crippen LogP contribution in [0.5, 0.6) is 5.75 Å². The standard InChI is InChI=1S/C14H11NO3/c1-17-12-4-2-3-11-13(12)10(7-15-11)14(16)9-5-6-18-8-9/h2-8,15H,1H3. The lowest BCUT2D eigenvalue weighted by molar-refractivity contribution is 0.103. The number of benzene rings is 1. The van der Waals surface area contributed by atoms with Crippen molar-refractivity contribution in [3.8, 4) is 5.75 Å². The van der Waals surface area contributed by atoms with Gasteiger partial charge in [0.1, 0.15) is 12.0 Å². The van der Waals surface area contributed by atoms with Crippen molar-refractivity contribution in [1.29, 1.82) is 0 Å². The predicted molar refractivity (Wildman–Crippen MR) is 67.0 cm³/mol. The van der Waals surface area contributed by atoms with Gasteiger partial charge in [0, 0.05) is 11.7 Å². The van der Waals surface area contributed by atoms with Crippen molar-refractivity contribution in [2.45, 2.75) is 0 Å². The van der Waals surface area contributed by atoms with Gasteiger partial charge >= 0.3 is 0 Å². The number of aromatic nitrogens is 1. The van der Waals surface area contributed by atoms with Crippen LogP contribution in [0.4, 0.5) is 0 Å². The number of fused-ring (bicyclic) bond motifs is 1. The minimum atomic E-state index is -0.0838. The van der Waals surface area contributed by atoms with Gasteiger partial charge in [0.2, 0.25) is 0 Å². The Morgan fingerprint density at radius 3 is 2.94 bits per heavy atom. The summed E-state index contributed by atoms with van der Waals surface area (Å²) in [6.07, 6.45) is 4.62. The summed E-state index contributed by atoms with van der Waals surface area (Å²) in [6, 6.07) is 7.27. The molecule has 0 aliphatic heterocycles. The first-order chi connectivity index (χ1) is 8.81. The zero-order chi connectivity index (χ0) is 12.5. The SMILES string of the molecule is COc1cccc2[nH]cc(C(=O)c3ccoc3)c12. The van der Waals surface area contributed by atoms with Gasteiger partial charge < -0.3 is 14.1 Å². The van der Waals surface area contributed by atoms with Crippen molar-refractivity contribution < 1.29 is 13.9 Å². The Morgan fingerprint density at radius 1 is 1.33 bits per heavy atom. The number of ketones is 1. The molecule has 0 spiro atoms. The smallest absolute Gasteiger partial charge is 0.198 e. The summed E-state index contributed by atoms with van der Waals surface area (Å²) in [5, 5.41) is 0.797. The first-order valence-electron chi connectivity index (χ1n) is 5.52. The lowest BCUT2D eigenvalue weighted by Crippen LogP contribution is -1.99. The Labute approximate surface area is 103 Å². The molecule has 2 aromatic heterocycles. The fraction of sp³-hybridized carbons (Fsp3) is 0.0714. The summed E-state index contributed by atoms with van der Waals surface area (Å²) < 4.78 is 10.2. The van der Waals surface area contributed by atoms with Gasteiger partial charge in [0.15, 0.2) is 5.78 Å². The van der Waals surface area contributed by atoms with Crippen molar-refractivity contribution in [3.63, 3.8) is 0 Å². The molecule has 4 heteroatoms. The van der Waals surface area contributed by atoms with Gasteiger partial charge in [-0.1, -0.05) is 6.07 Å². The van der Waals surface area contributed by atoms with E-state index in [0.29, 0.717) is 16.9 Å². The molecule has 0 amide bonds. The fourth-order valence-electron chi connectivity index (χ4n) is 2.05. The third-order valence-corrected chi connectivity index (χ3v) is 2.92. The molecular weight excluding hydrogens is 230 g/mol. The maximum Gasteiger partial charge on any atom is 0.198 e. The van der Waals surface area contributed by atoms with Crippen LogP contribution in [0.25, 0.3) is 10.9 Å². The number of furan rings is 1. The lowest BCUT2D eigenvalue weighted by atomic mass is 10.0. The highest BCUT2D eigenvalue weighted by molar-refractivity contribution is 6.17. The monoisotopic (exact) mass is 241 g/mol. The molecule has 1 aromatic carbocycles. The summed E-state index contributed by atoms with van der Waals surface area (Å²) in [4.78, 5) is 15.4. The second-order valence-electron chi connectivity index (χ2n) is 3.93. The highest BCUT2D eigenvalue weighted by Crippen LogP contribution is 2.29. The van der Waals surface area contributed by atoms with Crippen LogP contribution in [0, 0.1) is 0 Å². The summed E-state index contributed by atoms with van der Waals surface area (Å²) in [5.74, 6) is 0.597. The molecule has 1 N–H and O–H groups in total. The molecule has 4 nitrogen and oxygen atoms in total. The molecule has 3 aromatic rings. The number of H-pyrrole nitrogens is 1. The second kappa shape index (κ2) is 4.07. The highest BCUT2D eigenvalue weighted by Gasteiger charge is 2.17.